The second-order valence-electron chi connectivity index (χ2n) is 3.74. The van der Waals surface area contributed by atoms with Crippen LogP contribution in [0, 0.1) is 11.8 Å². The highest BCUT2D eigenvalue weighted by molar-refractivity contribution is 9.10. The number of nitrogens with one attached hydrogen (secondary N) is 1. The van der Waals surface area contributed by atoms with Crippen LogP contribution in [-0.2, 0) is 0 Å². The first-order chi connectivity index (χ1) is 8.19. The van der Waals surface area contributed by atoms with Crippen LogP contribution in [0.5, 0.6) is 0 Å². The third kappa shape index (κ3) is 4.71. The van der Waals surface area contributed by atoms with Crippen molar-refractivity contribution in [2.75, 3.05) is 6.54 Å². The Kier molecular flexibility index (Phi) is 6.65. The Balaban J connectivity index is 2.83. The van der Waals surface area contributed by atoms with E-state index in [2.05, 4.69) is 46.1 Å². The van der Waals surface area contributed by atoms with Crippen molar-refractivity contribution in [1.29, 1.82) is 0 Å². The largest absolute Gasteiger partial charge is 0.310 e. The van der Waals surface area contributed by atoms with Gasteiger partial charge in [-0.1, -0.05) is 40.5 Å². The predicted molar refractivity (Wildman–Crippen MR) is 78.3 cm³/mol. The van der Waals surface area contributed by atoms with E-state index in [0.29, 0.717) is 6.04 Å². The highest BCUT2D eigenvalue weighted by Gasteiger charge is 2.12. The van der Waals surface area contributed by atoms with Crippen LogP contribution in [0.25, 0.3) is 0 Å². The molecule has 1 unspecified atom stereocenters. The summed E-state index contributed by atoms with van der Waals surface area (Å²) in [5.41, 5.74) is 1.24. The summed E-state index contributed by atoms with van der Waals surface area (Å²) in [5.74, 6) is 6.04. The average molecular weight is 315 g/mol. The second kappa shape index (κ2) is 7.76. The molecule has 1 aromatic carbocycles. The van der Waals surface area contributed by atoms with Crippen molar-refractivity contribution in [1.82, 2.24) is 5.32 Å². The van der Waals surface area contributed by atoms with Crippen LogP contribution in [0.1, 0.15) is 38.3 Å². The molecule has 1 rings (SSSR count). The van der Waals surface area contributed by atoms with Gasteiger partial charge in [-0.05, 0) is 37.6 Å². The van der Waals surface area contributed by atoms with Crippen LogP contribution in [0.4, 0.5) is 0 Å². The van der Waals surface area contributed by atoms with E-state index in [1.807, 2.05) is 19.1 Å². The van der Waals surface area contributed by atoms with E-state index in [0.717, 1.165) is 28.9 Å². The Morgan fingerprint density at radius 1 is 1.47 bits per heavy atom. The van der Waals surface area contributed by atoms with Gasteiger partial charge in [0, 0.05) is 22.0 Å². The Labute approximate surface area is 117 Å². The lowest BCUT2D eigenvalue weighted by Gasteiger charge is -2.19. The minimum Gasteiger partial charge on any atom is -0.310 e. The molecule has 1 atom stereocenters. The maximum atomic E-state index is 5.95. The Morgan fingerprint density at radius 3 is 2.82 bits per heavy atom. The molecule has 0 fully saturated rings. The minimum atomic E-state index is 0.326. The van der Waals surface area contributed by atoms with Gasteiger partial charge in [0.05, 0.1) is 0 Å². The molecule has 1 nitrogen and oxygen atoms in total. The summed E-state index contributed by atoms with van der Waals surface area (Å²) >= 11 is 9.52. The SMILES string of the molecule is CC#CCCC(NCC)c1ccc(Cl)cc1Br. The van der Waals surface area contributed by atoms with Gasteiger partial charge >= 0.3 is 0 Å². The third-order valence-corrected chi connectivity index (χ3v) is 3.45. The van der Waals surface area contributed by atoms with Crippen LogP contribution >= 0.6 is 27.5 Å². The van der Waals surface area contributed by atoms with Crippen molar-refractivity contribution < 1.29 is 0 Å². The maximum absolute atomic E-state index is 5.95. The fraction of sp³-hybridized carbons (Fsp3) is 0.429. The van der Waals surface area contributed by atoms with Crippen LogP contribution in [0.15, 0.2) is 22.7 Å². The van der Waals surface area contributed by atoms with E-state index in [4.69, 9.17) is 11.6 Å². The van der Waals surface area contributed by atoms with Gasteiger partial charge in [-0.2, -0.15) is 0 Å². The number of hydrogen-bond acceptors (Lipinski definition) is 1. The molecular weight excluding hydrogens is 298 g/mol. The molecule has 0 bridgehead atoms. The highest BCUT2D eigenvalue weighted by Crippen LogP contribution is 2.29. The number of halogens is 2. The van der Waals surface area contributed by atoms with Crippen molar-refractivity contribution in [2.24, 2.45) is 0 Å². The minimum absolute atomic E-state index is 0.326. The quantitative estimate of drug-likeness (QED) is 0.786. The molecule has 0 aromatic heterocycles. The molecule has 0 aliphatic rings. The lowest BCUT2D eigenvalue weighted by atomic mass is 10.0. The smallest absolute Gasteiger partial charge is 0.0417 e. The zero-order valence-electron chi connectivity index (χ0n) is 10.2. The van der Waals surface area contributed by atoms with Crippen molar-refractivity contribution in [3.8, 4) is 11.8 Å². The summed E-state index contributed by atoms with van der Waals surface area (Å²) in [6, 6.07) is 6.26. The molecular formula is C14H17BrClN. The van der Waals surface area contributed by atoms with E-state index < -0.39 is 0 Å². The van der Waals surface area contributed by atoms with Crippen LogP contribution in [0.3, 0.4) is 0 Å². The molecule has 0 heterocycles. The van der Waals surface area contributed by atoms with Gasteiger partial charge in [0.15, 0.2) is 0 Å². The highest BCUT2D eigenvalue weighted by atomic mass is 79.9. The number of rotatable bonds is 5. The average Bonchev–Trinajstić information content (AvgIpc) is 2.28. The summed E-state index contributed by atoms with van der Waals surface area (Å²) in [7, 11) is 0. The van der Waals surface area contributed by atoms with E-state index in [9.17, 15) is 0 Å². The van der Waals surface area contributed by atoms with E-state index in [1.54, 1.807) is 0 Å². The summed E-state index contributed by atoms with van der Waals surface area (Å²) in [4.78, 5) is 0. The Bertz CT molecular complexity index is 420. The van der Waals surface area contributed by atoms with Gasteiger partial charge in [-0.25, -0.2) is 0 Å². The predicted octanol–water partition coefficient (Wildman–Crippen LogP) is 4.56. The summed E-state index contributed by atoms with van der Waals surface area (Å²) in [5, 5.41) is 4.23. The summed E-state index contributed by atoms with van der Waals surface area (Å²) in [6.45, 7) is 4.93. The zero-order chi connectivity index (χ0) is 12.7. The fourth-order valence-corrected chi connectivity index (χ4v) is 2.70. The fourth-order valence-electron chi connectivity index (χ4n) is 1.74. The number of benzene rings is 1. The molecule has 0 spiro atoms. The molecule has 92 valence electrons. The first-order valence-corrected chi connectivity index (χ1v) is 6.94. The van der Waals surface area contributed by atoms with Crippen LogP contribution in [0.2, 0.25) is 5.02 Å². The molecule has 0 radical (unpaired) electrons. The molecule has 1 N–H and O–H groups in total. The molecule has 0 aliphatic heterocycles. The second-order valence-corrected chi connectivity index (χ2v) is 5.03. The standard InChI is InChI=1S/C14H17BrClN/c1-3-5-6-7-14(17-4-2)12-9-8-11(16)10-13(12)15/h8-10,14,17H,4,6-7H2,1-2H3. The van der Waals surface area contributed by atoms with Gasteiger partial charge < -0.3 is 5.32 Å². The maximum Gasteiger partial charge on any atom is 0.0417 e. The van der Waals surface area contributed by atoms with Crippen LogP contribution < -0.4 is 5.32 Å². The van der Waals surface area contributed by atoms with Gasteiger partial charge in [0.25, 0.3) is 0 Å². The molecule has 0 aliphatic carbocycles. The van der Waals surface area contributed by atoms with Crippen molar-refractivity contribution in [3.05, 3.63) is 33.3 Å². The molecule has 0 saturated heterocycles. The van der Waals surface area contributed by atoms with Crippen molar-refractivity contribution in [3.63, 3.8) is 0 Å². The molecule has 17 heavy (non-hydrogen) atoms. The number of hydrogen-bond donors (Lipinski definition) is 1. The van der Waals surface area contributed by atoms with Gasteiger partial charge in [-0.3, -0.25) is 0 Å². The summed E-state index contributed by atoms with van der Waals surface area (Å²) in [6.07, 6.45) is 1.91. The molecule has 1 aromatic rings. The lowest BCUT2D eigenvalue weighted by molar-refractivity contribution is 0.521. The zero-order valence-corrected chi connectivity index (χ0v) is 12.5. The first kappa shape index (κ1) is 14.6. The first-order valence-electron chi connectivity index (χ1n) is 5.77. The van der Waals surface area contributed by atoms with E-state index in [-0.39, 0.29) is 0 Å². The summed E-state index contributed by atoms with van der Waals surface area (Å²) < 4.78 is 1.06. The van der Waals surface area contributed by atoms with Crippen LogP contribution in [-0.4, -0.2) is 6.54 Å². The van der Waals surface area contributed by atoms with E-state index in [1.165, 1.54) is 5.56 Å². The molecule has 0 amide bonds. The Hall–Kier alpha value is -0.490. The van der Waals surface area contributed by atoms with E-state index >= 15 is 0 Å². The lowest BCUT2D eigenvalue weighted by Crippen LogP contribution is -2.21. The van der Waals surface area contributed by atoms with Crippen molar-refractivity contribution in [2.45, 2.75) is 32.7 Å². The molecule has 3 heteroatoms. The monoisotopic (exact) mass is 313 g/mol. The van der Waals surface area contributed by atoms with Gasteiger partial charge in [0.2, 0.25) is 0 Å². The van der Waals surface area contributed by atoms with Gasteiger partial charge in [-0.15, -0.1) is 11.8 Å². The molecule has 0 saturated carbocycles. The topological polar surface area (TPSA) is 12.0 Å². The van der Waals surface area contributed by atoms with Gasteiger partial charge in [0.1, 0.15) is 0 Å². The van der Waals surface area contributed by atoms with Crippen molar-refractivity contribution >= 4 is 27.5 Å². The normalized spacial score (nSPS) is 11.8. The third-order valence-electron chi connectivity index (χ3n) is 2.52. The Morgan fingerprint density at radius 2 is 2.24 bits per heavy atom.